The van der Waals surface area contributed by atoms with Gasteiger partial charge >= 0.3 is 35.4 Å². The van der Waals surface area contributed by atoms with E-state index in [0.29, 0.717) is 7.27 Å². The van der Waals surface area contributed by atoms with E-state index >= 15 is 0 Å². The number of hydrogen-bond acceptors (Lipinski definition) is 3. The Bertz CT molecular complexity index is 276. The molecule has 0 atom stereocenters. The van der Waals surface area contributed by atoms with Gasteiger partial charge in [0.15, 0.2) is 0 Å². The molecule has 0 aliphatic carbocycles. The van der Waals surface area contributed by atoms with Crippen LogP contribution in [-0.4, -0.2) is 44.7 Å². The van der Waals surface area contributed by atoms with Gasteiger partial charge in [-0.1, -0.05) is 0 Å². The van der Waals surface area contributed by atoms with Gasteiger partial charge in [-0.05, 0) is 50.1 Å². The fourth-order valence-corrected chi connectivity index (χ4v) is 1.22. The molecule has 0 unspecified atom stereocenters. The van der Waals surface area contributed by atoms with Crippen molar-refractivity contribution in [1.82, 2.24) is 10.2 Å². The Hall–Kier alpha value is 1.07. The van der Waals surface area contributed by atoms with Crippen LogP contribution in [0.2, 0.25) is 0 Å². The molecule has 0 saturated carbocycles. The molecule has 56 valence electrons. The van der Waals surface area contributed by atoms with Crippen molar-refractivity contribution in [2.24, 2.45) is 0 Å². The van der Waals surface area contributed by atoms with Crippen LogP contribution in [0.5, 0.6) is 0 Å². The summed E-state index contributed by atoms with van der Waals surface area (Å²) in [6, 6.07) is 0. The number of halogens is 2. The van der Waals surface area contributed by atoms with E-state index in [1.54, 1.807) is 0 Å². The SMILES string of the molecule is O=[N+]([O-])c1n[nH]c(I)c1I.[NaH]. The number of nitrogens with zero attached hydrogens (tertiary/aromatic N) is 2. The first-order chi connectivity index (χ1) is 4.63. The third-order valence-electron chi connectivity index (χ3n) is 0.822. The average Bonchev–Trinajstić information content (AvgIpc) is 2.14. The van der Waals surface area contributed by atoms with E-state index in [1.807, 2.05) is 45.2 Å². The standard InChI is InChI=1S/C3HI2N3O2.Na.H/c4-1-2(5)6-7-3(1)8(9)10;;/h(H,6,7);;. The molecule has 11 heavy (non-hydrogen) atoms. The van der Waals surface area contributed by atoms with E-state index < -0.39 is 4.92 Å². The summed E-state index contributed by atoms with van der Waals surface area (Å²) in [4.78, 5) is 9.64. The number of nitrogens with one attached hydrogen (secondary N) is 1. The van der Waals surface area contributed by atoms with Crippen LogP contribution < -0.4 is 0 Å². The van der Waals surface area contributed by atoms with Crippen LogP contribution in [0.15, 0.2) is 0 Å². The predicted octanol–water partition coefficient (Wildman–Crippen LogP) is 0.879. The molecule has 0 aliphatic heterocycles. The van der Waals surface area contributed by atoms with Crippen molar-refractivity contribution in [1.29, 1.82) is 0 Å². The molecule has 8 heteroatoms. The summed E-state index contributed by atoms with van der Waals surface area (Å²) in [5.41, 5.74) is 0. The molecule has 0 amide bonds. The Labute approximate surface area is 111 Å². The van der Waals surface area contributed by atoms with Gasteiger partial charge in [-0.2, -0.15) is 5.10 Å². The van der Waals surface area contributed by atoms with Crippen LogP contribution in [0.3, 0.4) is 0 Å². The molecule has 1 aromatic rings. The van der Waals surface area contributed by atoms with Crippen molar-refractivity contribution < 1.29 is 4.92 Å². The third kappa shape index (κ3) is 2.79. The molecule has 0 aromatic carbocycles. The topological polar surface area (TPSA) is 71.8 Å². The predicted molar refractivity (Wildman–Crippen MR) is 57.8 cm³/mol. The summed E-state index contributed by atoms with van der Waals surface area (Å²) in [7, 11) is 0. The monoisotopic (exact) mass is 389 g/mol. The summed E-state index contributed by atoms with van der Waals surface area (Å²) >= 11 is 3.82. The maximum atomic E-state index is 10.2. The number of aromatic nitrogens is 2. The van der Waals surface area contributed by atoms with Crippen molar-refractivity contribution in [2.75, 3.05) is 0 Å². The fourth-order valence-electron chi connectivity index (χ4n) is 0.419. The minimum atomic E-state index is -0.513. The summed E-state index contributed by atoms with van der Waals surface area (Å²) in [6.45, 7) is 0. The van der Waals surface area contributed by atoms with Crippen molar-refractivity contribution in [3.05, 3.63) is 17.4 Å². The molecule has 0 fully saturated rings. The van der Waals surface area contributed by atoms with Crippen molar-refractivity contribution in [3.8, 4) is 0 Å². The first kappa shape index (κ1) is 12.1. The van der Waals surface area contributed by atoms with Crippen LogP contribution in [0, 0.1) is 17.4 Å². The van der Waals surface area contributed by atoms with Crippen LogP contribution in [-0.2, 0) is 0 Å². The first-order valence-corrected chi connectivity index (χ1v) is 4.32. The molecule has 1 rings (SSSR count). The Kier molecular flexibility index (Phi) is 5.42. The van der Waals surface area contributed by atoms with E-state index in [9.17, 15) is 10.1 Å². The van der Waals surface area contributed by atoms with E-state index in [2.05, 4.69) is 10.2 Å². The van der Waals surface area contributed by atoms with Gasteiger partial charge in [0.25, 0.3) is 0 Å². The molecular weight excluding hydrogens is 387 g/mol. The second-order valence-corrected chi connectivity index (χ2v) is 3.59. The van der Waals surface area contributed by atoms with E-state index in [-0.39, 0.29) is 35.4 Å². The normalized spacial score (nSPS) is 8.91. The zero-order chi connectivity index (χ0) is 7.72. The van der Waals surface area contributed by atoms with Gasteiger partial charge < -0.3 is 10.1 Å². The molecule has 5 nitrogen and oxygen atoms in total. The molecule has 0 spiro atoms. The summed E-state index contributed by atoms with van der Waals surface area (Å²) in [5, 5.41) is 16.1. The molecule has 0 saturated heterocycles. The molecular formula is C3H2I2N3NaO2. The van der Waals surface area contributed by atoms with Gasteiger partial charge in [-0.25, -0.2) is 0 Å². The van der Waals surface area contributed by atoms with Crippen molar-refractivity contribution >= 4 is 80.6 Å². The summed E-state index contributed by atoms with van der Waals surface area (Å²) < 4.78 is 1.26. The molecule has 0 aliphatic rings. The van der Waals surface area contributed by atoms with Gasteiger partial charge in [0.05, 0.1) is 5.10 Å². The number of nitro groups is 1. The zero-order valence-electron chi connectivity index (χ0n) is 4.47. The molecule has 0 radical (unpaired) electrons. The van der Waals surface area contributed by atoms with Gasteiger partial charge in [-0.15, -0.1) is 0 Å². The zero-order valence-corrected chi connectivity index (χ0v) is 8.78. The Morgan fingerprint density at radius 1 is 1.55 bits per heavy atom. The van der Waals surface area contributed by atoms with Crippen molar-refractivity contribution in [3.63, 3.8) is 0 Å². The Morgan fingerprint density at radius 3 is 2.27 bits per heavy atom. The maximum absolute atomic E-state index is 10.2. The molecule has 0 bridgehead atoms. The fraction of sp³-hybridized carbons (Fsp3) is 0. The first-order valence-electron chi connectivity index (χ1n) is 2.16. The Balaban J connectivity index is 0.000001000. The molecule has 1 heterocycles. The van der Waals surface area contributed by atoms with Crippen LogP contribution in [0.25, 0.3) is 0 Å². The number of hydrogen-bond donors (Lipinski definition) is 1. The second-order valence-electron chi connectivity index (χ2n) is 1.43. The summed E-state index contributed by atoms with van der Waals surface area (Å²) in [5.74, 6) is -0.106. The van der Waals surface area contributed by atoms with Gasteiger partial charge in [0.2, 0.25) is 0 Å². The van der Waals surface area contributed by atoms with Crippen LogP contribution in [0.1, 0.15) is 0 Å². The van der Waals surface area contributed by atoms with Crippen LogP contribution in [0.4, 0.5) is 5.82 Å². The van der Waals surface area contributed by atoms with Gasteiger partial charge in [-0.3, -0.25) is 0 Å². The van der Waals surface area contributed by atoms with Crippen molar-refractivity contribution in [2.45, 2.75) is 0 Å². The third-order valence-corrected chi connectivity index (χ3v) is 3.66. The van der Waals surface area contributed by atoms with Gasteiger partial charge in [0.1, 0.15) is 7.27 Å². The number of aromatic amines is 1. The summed E-state index contributed by atoms with van der Waals surface area (Å²) in [6.07, 6.45) is 0. The van der Waals surface area contributed by atoms with Gasteiger partial charge in [0, 0.05) is 0 Å². The van der Waals surface area contributed by atoms with E-state index in [1.165, 1.54) is 0 Å². The quantitative estimate of drug-likeness (QED) is 0.336. The number of H-pyrrole nitrogens is 1. The molecule has 1 N–H and O–H groups in total. The minimum absolute atomic E-state index is 0. The van der Waals surface area contributed by atoms with E-state index in [4.69, 9.17) is 0 Å². The molecule has 1 aromatic heterocycles. The number of rotatable bonds is 1. The Morgan fingerprint density at radius 2 is 2.09 bits per heavy atom. The second kappa shape index (κ2) is 4.94. The van der Waals surface area contributed by atoms with Crippen LogP contribution >= 0.6 is 45.2 Å². The average molecular weight is 389 g/mol. The van der Waals surface area contributed by atoms with E-state index in [0.717, 1.165) is 0 Å².